The van der Waals surface area contributed by atoms with E-state index < -0.39 is 35.6 Å². The van der Waals surface area contributed by atoms with E-state index in [9.17, 15) is 33.6 Å². The summed E-state index contributed by atoms with van der Waals surface area (Å²) in [5.74, 6) is -2.08. The number of carboxylic acid groups (broad SMARTS) is 2. The van der Waals surface area contributed by atoms with E-state index in [1.165, 1.54) is 6.92 Å². The van der Waals surface area contributed by atoms with Gasteiger partial charge in [0.1, 0.15) is 5.78 Å². The first-order valence-electron chi connectivity index (χ1n) is 12.1. The Hall–Kier alpha value is -0.540. The van der Waals surface area contributed by atoms with Gasteiger partial charge in [0.2, 0.25) is 7.37 Å². The summed E-state index contributed by atoms with van der Waals surface area (Å²) in [5, 5.41) is 17.7. The minimum absolute atomic E-state index is 0.0149. The normalized spacial score (nSPS) is 19.5. The molecule has 1 rings (SSSR count). The third-order valence-electron chi connectivity index (χ3n) is 5.33. The number of hydrogen-bond donors (Lipinski definition) is 5. The lowest BCUT2D eigenvalue weighted by Crippen LogP contribution is -2.37. The predicted molar refractivity (Wildman–Crippen MR) is 143 cm³/mol. The van der Waals surface area contributed by atoms with Crippen LogP contribution in [0.15, 0.2) is 0 Å². The number of hydrogen-bond acceptors (Lipinski definition) is 9. The highest BCUT2D eigenvalue weighted by atomic mass is 31.2. The van der Waals surface area contributed by atoms with Crippen LogP contribution in [0.2, 0.25) is 0 Å². The summed E-state index contributed by atoms with van der Waals surface area (Å²) in [4.78, 5) is 69.7. The van der Waals surface area contributed by atoms with Crippen LogP contribution in [-0.2, 0) is 18.9 Å². The number of carbonyl (C=O) groups excluding carboxylic acids is 1. The molecule has 5 N–H and O–H groups in total. The SMILES string of the molecule is CC.CC(=O)CCP(O)CN1CCN(CP(O)CCC(=O)O)CCN(CP(=O)(O)CCC(=O)O)CC1. The minimum atomic E-state index is -3.69. The van der Waals surface area contributed by atoms with Gasteiger partial charge in [-0.2, -0.15) is 0 Å². The van der Waals surface area contributed by atoms with Crippen molar-refractivity contribution in [2.75, 3.05) is 76.6 Å². The molecule has 0 aromatic rings. The first kappa shape index (κ1) is 35.5. The highest BCUT2D eigenvalue weighted by Crippen LogP contribution is 2.42. The molecular weight excluding hydrogens is 531 g/mol. The number of Topliss-reactive ketones (excluding diaryl/α,β-unsaturated/α-hetero) is 1. The summed E-state index contributed by atoms with van der Waals surface area (Å²) in [6, 6.07) is 0. The molecule has 0 aromatic heterocycles. The van der Waals surface area contributed by atoms with Gasteiger partial charge in [0.15, 0.2) is 0 Å². The fraction of sp³-hybridized carbons (Fsp3) is 0.857. The molecule has 3 unspecified atom stereocenters. The van der Waals surface area contributed by atoms with E-state index in [1.807, 2.05) is 23.6 Å². The molecule has 36 heavy (non-hydrogen) atoms. The zero-order valence-corrected chi connectivity index (χ0v) is 24.3. The highest BCUT2D eigenvalue weighted by molar-refractivity contribution is 7.57. The van der Waals surface area contributed by atoms with Crippen molar-refractivity contribution < 1.29 is 43.8 Å². The van der Waals surface area contributed by atoms with Crippen LogP contribution in [0.5, 0.6) is 0 Å². The summed E-state index contributed by atoms with van der Waals surface area (Å²) in [7, 11) is -6.57. The maximum atomic E-state index is 12.5. The lowest BCUT2D eigenvalue weighted by atomic mass is 10.4. The Morgan fingerprint density at radius 3 is 1.53 bits per heavy atom. The number of aliphatic carboxylic acids is 2. The summed E-state index contributed by atoms with van der Waals surface area (Å²) in [6.45, 7) is 8.56. The summed E-state index contributed by atoms with van der Waals surface area (Å²) >= 11 is 0. The van der Waals surface area contributed by atoms with Crippen LogP contribution in [0.1, 0.15) is 40.0 Å². The molecule has 1 aliphatic rings. The Morgan fingerprint density at radius 2 is 1.14 bits per heavy atom. The minimum Gasteiger partial charge on any atom is -0.481 e. The Kier molecular flexibility index (Phi) is 19.2. The first-order valence-corrected chi connectivity index (χ1v) is 17.5. The number of rotatable bonds is 15. The van der Waals surface area contributed by atoms with Crippen molar-refractivity contribution in [3.05, 3.63) is 0 Å². The van der Waals surface area contributed by atoms with E-state index in [4.69, 9.17) is 10.2 Å². The maximum absolute atomic E-state index is 12.5. The second-order valence-electron chi connectivity index (χ2n) is 8.55. The van der Waals surface area contributed by atoms with Crippen molar-refractivity contribution in [1.29, 1.82) is 0 Å². The number of carboxylic acids is 2. The monoisotopic (exact) mass is 575 g/mol. The van der Waals surface area contributed by atoms with Gasteiger partial charge in [0, 0.05) is 86.9 Å². The molecule has 1 aliphatic heterocycles. The van der Waals surface area contributed by atoms with E-state index in [-0.39, 0.29) is 37.2 Å². The van der Waals surface area contributed by atoms with Crippen molar-refractivity contribution in [1.82, 2.24) is 14.7 Å². The van der Waals surface area contributed by atoms with E-state index >= 15 is 0 Å². The summed E-state index contributed by atoms with van der Waals surface area (Å²) in [5.41, 5.74) is 0. The predicted octanol–water partition coefficient (Wildman–Crippen LogP) is 1.78. The van der Waals surface area contributed by atoms with Gasteiger partial charge in [-0.3, -0.25) is 28.9 Å². The van der Waals surface area contributed by atoms with Crippen LogP contribution in [0.25, 0.3) is 0 Å². The second-order valence-corrected chi connectivity index (χ2v) is 14.5. The number of carbonyl (C=O) groups is 3. The zero-order chi connectivity index (χ0) is 27.7. The van der Waals surface area contributed by atoms with Gasteiger partial charge in [0.05, 0.1) is 19.1 Å². The molecule has 0 aromatic carbocycles. The average molecular weight is 576 g/mol. The van der Waals surface area contributed by atoms with E-state index in [0.29, 0.717) is 64.4 Å². The number of ketones is 1. The molecule has 212 valence electrons. The van der Waals surface area contributed by atoms with Gasteiger partial charge in [0.25, 0.3) is 0 Å². The molecule has 1 heterocycles. The van der Waals surface area contributed by atoms with Gasteiger partial charge < -0.3 is 29.7 Å². The van der Waals surface area contributed by atoms with Crippen LogP contribution >= 0.6 is 23.7 Å². The molecule has 1 fully saturated rings. The van der Waals surface area contributed by atoms with Crippen LogP contribution < -0.4 is 0 Å². The van der Waals surface area contributed by atoms with Crippen molar-refractivity contribution in [3.8, 4) is 0 Å². The molecule has 0 aliphatic carbocycles. The molecule has 0 bridgehead atoms. The lowest BCUT2D eigenvalue weighted by molar-refractivity contribution is -0.137. The Balaban J connectivity index is 0.00000596. The molecule has 0 spiro atoms. The van der Waals surface area contributed by atoms with Gasteiger partial charge in [-0.25, -0.2) is 0 Å². The first-order chi connectivity index (χ1) is 16.9. The molecule has 0 amide bonds. The Morgan fingerprint density at radius 1 is 0.750 bits per heavy atom. The van der Waals surface area contributed by atoms with Gasteiger partial charge in [-0.1, -0.05) is 13.8 Å². The second kappa shape index (κ2) is 19.5. The third-order valence-corrected chi connectivity index (χ3v) is 10.0. The fourth-order valence-electron chi connectivity index (χ4n) is 3.38. The highest BCUT2D eigenvalue weighted by Gasteiger charge is 2.26. The smallest absolute Gasteiger partial charge is 0.303 e. The summed E-state index contributed by atoms with van der Waals surface area (Å²) < 4.78 is 12.5. The van der Waals surface area contributed by atoms with Crippen LogP contribution in [0.3, 0.4) is 0 Å². The quantitative estimate of drug-likeness (QED) is 0.179. The van der Waals surface area contributed by atoms with Crippen molar-refractivity contribution in [2.45, 2.75) is 40.0 Å². The molecule has 12 nitrogen and oxygen atoms in total. The van der Waals surface area contributed by atoms with Crippen molar-refractivity contribution in [2.24, 2.45) is 0 Å². The molecule has 0 radical (unpaired) electrons. The maximum Gasteiger partial charge on any atom is 0.303 e. The largest absolute Gasteiger partial charge is 0.481 e. The van der Waals surface area contributed by atoms with Gasteiger partial charge in [-0.15, -0.1) is 0 Å². The molecular formula is C21H44N3O9P3. The van der Waals surface area contributed by atoms with Gasteiger partial charge in [-0.05, 0) is 13.1 Å². The van der Waals surface area contributed by atoms with E-state index in [0.717, 1.165) is 0 Å². The third kappa shape index (κ3) is 18.7. The summed E-state index contributed by atoms with van der Waals surface area (Å²) in [6.07, 6.45) is 0.661. The zero-order valence-electron chi connectivity index (χ0n) is 21.7. The van der Waals surface area contributed by atoms with Crippen LogP contribution in [0.4, 0.5) is 0 Å². The number of nitrogens with zero attached hydrogens (tertiary/aromatic N) is 3. The lowest BCUT2D eigenvalue weighted by Gasteiger charge is -2.28. The average Bonchev–Trinajstić information content (AvgIpc) is 2.88. The Labute approximate surface area is 216 Å². The molecule has 0 saturated carbocycles. The van der Waals surface area contributed by atoms with E-state index in [2.05, 4.69) is 0 Å². The molecule has 3 atom stereocenters. The van der Waals surface area contributed by atoms with Crippen molar-refractivity contribution >= 4 is 41.4 Å². The molecule has 1 saturated heterocycles. The van der Waals surface area contributed by atoms with E-state index in [1.54, 1.807) is 4.90 Å². The molecule has 15 heteroatoms. The topological polar surface area (TPSA) is 179 Å². The standard InChI is InChI=1S/C19H38N3O9P3.C2H6/c1-17(23)2-11-32(28)14-20-5-6-21(15-33(29)12-3-18(24)25)8-10-22(9-7-20)16-34(30,31)13-4-19(26)27;1-2/h28-29H,2-16H2,1H3,(H,24,25)(H,26,27)(H,30,31);1-2H3. The fourth-order valence-corrected chi connectivity index (χ4v) is 7.76. The van der Waals surface area contributed by atoms with Gasteiger partial charge >= 0.3 is 11.9 Å². The van der Waals surface area contributed by atoms with Crippen molar-refractivity contribution in [3.63, 3.8) is 0 Å². The van der Waals surface area contributed by atoms with Crippen LogP contribution in [0, 0.1) is 0 Å². The Bertz CT molecular complexity index is 679. The van der Waals surface area contributed by atoms with Crippen LogP contribution in [-0.4, -0.2) is 134 Å².